The van der Waals surface area contributed by atoms with Gasteiger partial charge in [-0.15, -0.1) is 0 Å². The number of carboxylic acid groups (broad SMARTS) is 1. The summed E-state index contributed by atoms with van der Waals surface area (Å²) in [5.74, 6) is -0.101. The Bertz CT molecular complexity index is 784. The Labute approximate surface area is 179 Å². The molecular formula is C17H24F6N3O5P. The molecule has 3 rings (SSSR count). The second-order valence-electron chi connectivity index (χ2n) is 7.24. The van der Waals surface area contributed by atoms with Crippen LogP contribution in [0.3, 0.4) is 0 Å². The number of pyridine rings is 1. The van der Waals surface area contributed by atoms with Crippen LogP contribution in [-0.2, 0) is 14.3 Å². The van der Waals surface area contributed by atoms with E-state index in [-0.39, 0.29) is 24.2 Å². The molecule has 0 aliphatic carbocycles. The van der Waals surface area contributed by atoms with Crippen molar-refractivity contribution in [2.24, 2.45) is 0 Å². The zero-order valence-corrected chi connectivity index (χ0v) is 17.8. The van der Waals surface area contributed by atoms with E-state index in [1.165, 1.54) is 6.20 Å². The number of carbonyl (C=O) groups excluding carboxylic acids is 1. The van der Waals surface area contributed by atoms with Gasteiger partial charge >= 0.3 is 39.0 Å². The number of amides is 1. The number of hydrogen-bond donors (Lipinski definition) is 1. The average molecular weight is 495 g/mol. The third-order valence-electron chi connectivity index (χ3n) is 4.57. The van der Waals surface area contributed by atoms with Gasteiger partial charge in [0, 0.05) is 12.7 Å². The Balaban J connectivity index is 0.000000451. The quantitative estimate of drug-likeness (QED) is 0.480. The summed E-state index contributed by atoms with van der Waals surface area (Å²) in [7, 11) is -10.7. The normalized spacial score (nSPS) is 21.2. The van der Waals surface area contributed by atoms with Gasteiger partial charge in [0.05, 0.1) is 31.4 Å². The number of piperazine rings is 1. The Morgan fingerprint density at radius 2 is 1.75 bits per heavy atom. The van der Waals surface area contributed by atoms with Crippen molar-refractivity contribution >= 4 is 25.5 Å². The number of hydrogen-bond acceptors (Lipinski definition) is 5. The number of nitrogens with one attached hydrogen (secondary N) is 1. The van der Waals surface area contributed by atoms with Crippen molar-refractivity contribution in [2.45, 2.75) is 18.9 Å². The van der Waals surface area contributed by atoms with Crippen LogP contribution >= 0.6 is 7.81 Å². The third kappa shape index (κ3) is 10.9. The fraction of sp³-hybridized carbons (Fsp3) is 0.588. The Morgan fingerprint density at radius 1 is 1.12 bits per heavy atom. The van der Waals surface area contributed by atoms with E-state index in [0.717, 1.165) is 25.3 Å². The van der Waals surface area contributed by atoms with Crippen molar-refractivity contribution in [3.8, 4) is 0 Å². The van der Waals surface area contributed by atoms with Gasteiger partial charge in [-0.2, -0.15) is 0 Å². The topological polar surface area (TPSA) is 93.5 Å². The van der Waals surface area contributed by atoms with E-state index in [9.17, 15) is 34.8 Å². The number of nitrogens with zero attached hydrogens (tertiary/aromatic N) is 2. The summed E-state index contributed by atoms with van der Waals surface area (Å²) in [6.07, 6.45) is 3.68. The molecule has 1 unspecified atom stereocenters. The largest absolute Gasteiger partial charge is 0.478 e. The number of H-pyrrole nitrogens is 1. The predicted molar refractivity (Wildman–Crippen MR) is 102 cm³/mol. The van der Waals surface area contributed by atoms with Gasteiger partial charge in [0.2, 0.25) is 5.91 Å². The number of aromatic amines is 1. The molecule has 1 aromatic heterocycles. The number of carbonyl (C=O) groups is 2. The monoisotopic (exact) mass is 495 g/mol. The molecule has 3 heterocycles. The fourth-order valence-corrected chi connectivity index (χ4v) is 3.09. The van der Waals surface area contributed by atoms with E-state index in [1.54, 1.807) is 17.0 Å². The first-order valence-corrected chi connectivity index (χ1v) is 11.6. The molecule has 2 saturated heterocycles. The fourth-order valence-electron chi connectivity index (χ4n) is 3.09. The average Bonchev–Trinajstić information content (AvgIpc) is 3.19. The molecule has 2 aliphatic heterocycles. The molecule has 0 spiro atoms. The van der Waals surface area contributed by atoms with Gasteiger partial charge in [-0.1, -0.05) is 0 Å². The maximum absolute atomic E-state index is 12.2. The van der Waals surface area contributed by atoms with E-state index in [2.05, 4.69) is 9.88 Å². The first-order chi connectivity index (χ1) is 14.6. The van der Waals surface area contributed by atoms with Gasteiger partial charge in [-0.3, -0.25) is 9.69 Å². The van der Waals surface area contributed by atoms with Crippen molar-refractivity contribution in [3.05, 3.63) is 23.9 Å². The number of carboxylic acids is 1. The van der Waals surface area contributed by atoms with Gasteiger partial charge in [0.15, 0.2) is 0 Å². The predicted octanol–water partition coefficient (Wildman–Crippen LogP) is 3.43. The summed E-state index contributed by atoms with van der Waals surface area (Å²) < 4.78 is 70.2. The SMILES string of the molecule is F[P-](F)(F)(F)(F)F.O=C(O)c1ccc(N2CCN(C(=O)COCC3CCCO3)CC2)[nH+]c1. The minimum atomic E-state index is -10.7. The van der Waals surface area contributed by atoms with Crippen molar-refractivity contribution in [3.63, 3.8) is 0 Å². The maximum atomic E-state index is 12.2. The minimum Gasteiger partial charge on any atom is -0.478 e. The summed E-state index contributed by atoms with van der Waals surface area (Å²) in [4.78, 5) is 30.0. The van der Waals surface area contributed by atoms with Crippen LogP contribution in [0.4, 0.5) is 31.0 Å². The molecule has 184 valence electrons. The van der Waals surface area contributed by atoms with Crippen molar-refractivity contribution in [1.82, 2.24) is 4.90 Å². The van der Waals surface area contributed by atoms with E-state index in [4.69, 9.17) is 14.6 Å². The number of anilines is 1. The molecule has 15 heteroatoms. The Kier molecular flexibility index (Phi) is 7.63. The number of aromatic nitrogens is 1. The zero-order chi connectivity index (χ0) is 24.1. The van der Waals surface area contributed by atoms with Crippen LogP contribution in [0, 0.1) is 0 Å². The zero-order valence-electron chi connectivity index (χ0n) is 16.9. The van der Waals surface area contributed by atoms with Crippen LogP contribution in [0.15, 0.2) is 18.3 Å². The Hall–Kier alpha value is -2.18. The molecular weight excluding hydrogens is 471 g/mol. The van der Waals surface area contributed by atoms with Crippen molar-refractivity contribution in [1.29, 1.82) is 0 Å². The molecule has 0 bridgehead atoms. The standard InChI is InChI=1S/C17H23N3O5.F6P/c21-16(12-24-11-14-2-1-9-25-14)20-7-5-19(6-8-20)15-4-3-13(10-18-15)17(22)23;1-7(2,3,4,5)6/h3-4,10,14H,1-2,5-9,11-12H2,(H,22,23);/q;-1/p+1. The third-order valence-corrected chi connectivity index (χ3v) is 4.57. The van der Waals surface area contributed by atoms with E-state index < -0.39 is 13.8 Å². The maximum Gasteiger partial charge on any atom is 0.339 e. The summed E-state index contributed by atoms with van der Waals surface area (Å²) in [6.45, 7) is 4.00. The first-order valence-electron chi connectivity index (χ1n) is 9.62. The van der Waals surface area contributed by atoms with Crippen molar-refractivity contribution in [2.75, 3.05) is 50.9 Å². The molecule has 32 heavy (non-hydrogen) atoms. The molecule has 1 aromatic rings. The molecule has 0 saturated carbocycles. The molecule has 0 aromatic carbocycles. The smallest absolute Gasteiger partial charge is 0.339 e. The molecule has 1 atom stereocenters. The molecule has 8 nitrogen and oxygen atoms in total. The molecule has 2 fully saturated rings. The van der Waals surface area contributed by atoms with Crippen LogP contribution in [-0.4, -0.2) is 74.0 Å². The van der Waals surface area contributed by atoms with E-state index >= 15 is 0 Å². The van der Waals surface area contributed by atoms with Gasteiger partial charge in [-0.05, 0) is 18.9 Å². The second kappa shape index (κ2) is 9.36. The van der Waals surface area contributed by atoms with Crippen LogP contribution in [0.5, 0.6) is 0 Å². The summed E-state index contributed by atoms with van der Waals surface area (Å²) in [5, 5.41) is 8.92. The van der Waals surface area contributed by atoms with Crippen LogP contribution < -0.4 is 9.88 Å². The van der Waals surface area contributed by atoms with Gasteiger partial charge in [0.1, 0.15) is 25.9 Å². The molecule has 2 aliphatic rings. The number of aromatic carboxylic acids is 1. The van der Waals surface area contributed by atoms with Gasteiger partial charge < -0.3 is 19.5 Å². The molecule has 2 N–H and O–H groups in total. The summed E-state index contributed by atoms with van der Waals surface area (Å²) >= 11 is 0. The number of ether oxygens (including phenoxy) is 2. The van der Waals surface area contributed by atoms with Crippen molar-refractivity contribution < 1.29 is 54.3 Å². The number of halogens is 6. The Morgan fingerprint density at radius 3 is 2.22 bits per heavy atom. The summed E-state index contributed by atoms with van der Waals surface area (Å²) in [5.41, 5.74) is 0.223. The summed E-state index contributed by atoms with van der Waals surface area (Å²) in [6, 6.07) is 3.33. The van der Waals surface area contributed by atoms with Crippen LogP contribution in [0.2, 0.25) is 0 Å². The van der Waals surface area contributed by atoms with Crippen LogP contribution in [0.25, 0.3) is 0 Å². The van der Waals surface area contributed by atoms with E-state index in [0.29, 0.717) is 32.8 Å². The molecule has 1 amide bonds. The first kappa shape index (κ1) is 26.1. The van der Waals surface area contributed by atoms with Crippen LogP contribution in [0.1, 0.15) is 23.2 Å². The molecule has 0 radical (unpaired) electrons. The second-order valence-corrected chi connectivity index (χ2v) is 9.16. The minimum absolute atomic E-state index is 0.00264. The van der Waals surface area contributed by atoms with Gasteiger partial charge in [0.25, 0.3) is 5.82 Å². The van der Waals surface area contributed by atoms with Gasteiger partial charge in [-0.25, -0.2) is 9.78 Å². The van der Waals surface area contributed by atoms with E-state index in [1.807, 2.05) is 0 Å². The number of rotatable bonds is 6.